The normalized spacial score (nSPS) is 12.0. The average molecular weight is 302 g/mol. The summed E-state index contributed by atoms with van der Waals surface area (Å²) in [6, 6.07) is 5.55. The first-order valence-electron chi connectivity index (χ1n) is 5.31. The van der Waals surface area contributed by atoms with Crippen molar-refractivity contribution in [1.82, 2.24) is 0 Å². The SMILES string of the molecule is COC(=O)C(C)Oc1ccc(Br)c(CCN)c1. The molecular weight excluding hydrogens is 286 g/mol. The van der Waals surface area contributed by atoms with Gasteiger partial charge in [-0.2, -0.15) is 0 Å². The molecule has 0 spiro atoms. The zero-order valence-corrected chi connectivity index (χ0v) is 11.5. The molecular formula is C12H16BrNO3. The Kier molecular flexibility index (Phi) is 5.44. The molecule has 0 heterocycles. The summed E-state index contributed by atoms with van der Waals surface area (Å²) in [4.78, 5) is 11.2. The molecule has 0 aliphatic heterocycles. The van der Waals surface area contributed by atoms with Crippen LogP contribution in [-0.4, -0.2) is 25.7 Å². The highest BCUT2D eigenvalue weighted by molar-refractivity contribution is 9.10. The van der Waals surface area contributed by atoms with E-state index in [-0.39, 0.29) is 0 Å². The van der Waals surface area contributed by atoms with Gasteiger partial charge < -0.3 is 15.2 Å². The first-order chi connectivity index (χ1) is 8.08. The van der Waals surface area contributed by atoms with Crippen molar-refractivity contribution in [3.05, 3.63) is 28.2 Å². The van der Waals surface area contributed by atoms with Crippen LogP contribution in [0.4, 0.5) is 0 Å². The molecule has 0 fully saturated rings. The van der Waals surface area contributed by atoms with Crippen molar-refractivity contribution in [2.24, 2.45) is 5.73 Å². The minimum absolute atomic E-state index is 0.395. The molecule has 0 aromatic heterocycles. The number of halogens is 1. The molecule has 0 saturated heterocycles. The van der Waals surface area contributed by atoms with Gasteiger partial charge >= 0.3 is 5.97 Å². The lowest BCUT2D eigenvalue weighted by molar-refractivity contribution is -0.147. The second-order valence-electron chi connectivity index (χ2n) is 3.58. The average Bonchev–Trinajstić information content (AvgIpc) is 2.32. The van der Waals surface area contributed by atoms with Crippen molar-refractivity contribution >= 4 is 21.9 Å². The van der Waals surface area contributed by atoms with E-state index in [0.29, 0.717) is 12.3 Å². The number of carbonyl (C=O) groups is 1. The highest BCUT2D eigenvalue weighted by atomic mass is 79.9. The van der Waals surface area contributed by atoms with E-state index in [2.05, 4.69) is 20.7 Å². The van der Waals surface area contributed by atoms with E-state index >= 15 is 0 Å². The number of ether oxygens (including phenoxy) is 2. The molecule has 1 aromatic rings. The van der Waals surface area contributed by atoms with Crippen LogP contribution in [0, 0.1) is 0 Å². The molecule has 2 N–H and O–H groups in total. The van der Waals surface area contributed by atoms with E-state index in [1.54, 1.807) is 13.0 Å². The molecule has 0 saturated carbocycles. The summed E-state index contributed by atoms with van der Waals surface area (Å²) in [5, 5.41) is 0. The number of carbonyl (C=O) groups excluding carboxylic acids is 1. The van der Waals surface area contributed by atoms with E-state index in [1.807, 2.05) is 12.1 Å². The second-order valence-corrected chi connectivity index (χ2v) is 4.43. The van der Waals surface area contributed by atoms with Gasteiger partial charge in [-0.1, -0.05) is 15.9 Å². The Morgan fingerprint density at radius 3 is 2.82 bits per heavy atom. The third-order valence-corrected chi connectivity index (χ3v) is 3.05. The lowest BCUT2D eigenvalue weighted by Crippen LogP contribution is -2.24. The van der Waals surface area contributed by atoms with Crippen LogP contribution in [0.3, 0.4) is 0 Å². The molecule has 0 radical (unpaired) electrons. The van der Waals surface area contributed by atoms with Crippen LogP contribution in [0.2, 0.25) is 0 Å². The van der Waals surface area contributed by atoms with Gasteiger partial charge in [-0.05, 0) is 43.7 Å². The van der Waals surface area contributed by atoms with Gasteiger partial charge in [0.15, 0.2) is 6.10 Å². The van der Waals surface area contributed by atoms with Crippen molar-refractivity contribution in [3.63, 3.8) is 0 Å². The number of nitrogens with two attached hydrogens (primary N) is 1. The Bertz CT molecular complexity index is 395. The van der Waals surface area contributed by atoms with Gasteiger partial charge in [0, 0.05) is 4.47 Å². The quantitative estimate of drug-likeness (QED) is 0.844. The van der Waals surface area contributed by atoms with E-state index in [4.69, 9.17) is 10.5 Å². The maximum Gasteiger partial charge on any atom is 0.346 e. The number of hydrogen-bond acceptors (Lipinski definition) is 4. The molecule has 17 heavy (non-hydrogen) atoms. The molecule has 94 valence electrons. The highest BCUT2D eigenvalue weighted by Gasteiger charge is 2.15. The summed E-state index contributed by atoms with van der Waals surface area (Å²) in [6.07, 6.45) is 0.136. The largest absolute Gasteiger partial charge is 0.479 e. The molecule has 1 rings (SSSR count). The van der Waals surface area contributed by atoms with Crippen molar-refractivity contribution in [1.29, 1.82) is 0 Å². The maximum absolute atomic E-state index is 11.2. The third kappa shape index (κ3) is 4.02. The van der Waals surface area contributed by atoms with Crippen LogP contribution in [0.1, 0.15) is 12.5 Å². The lowest BCUT2D eigenvalue weighted by atomic mass is 10.1. The first kappa shape index (κ1) is 14.0. The van der Waals surface area contributed by atoms with Crippen molar-refractivity contribution in [3.8, 4) is 5.75 Å². The van der Waals surface area contributed by atoms with Crippen molar-refractivity contribution in [2.45, 2.75) is 19.4 Å². The van der Waals surface area contributed by atoms with Gasteiger partial charge in [0.25, 0.3) is 0 Å². The molecule has 1 unspecified atom stereocenters. The maximum atomic E-state index is 11.2. The van der Waals surface area contributed by atoms with Gasteiger partial charge in [-0.25, -0.2) is 4.79 Å². The monoisotopic (exact) mass is 301 g/mol. The third-order valence-electron chi connectivity index (χ3n) is 2.28. The summed E-state index contributed by atoms with van der Waals surface area (Å²) >= 11 is 3.44. The molecule has 0 aliphatic rings. The van der Waals surface area contributed by atoms with E-state index in [1.165, 1.54) is 7.11 Å². The molecule has 5 heteroatoms. The number of hydrogen-bond donors (Lipinski definition) is 1. The fourth-order valence-electron chi connectivity index (χ4n) is 1.39. The fourth-order valence-corrected chi connectivity index (χ4v) is 1.83. The van der Waals surface area contributed by atoms with Gasteiger partial charge in [-0.15, -0.1) is 0 Å². The number of benzene rings is 1. The Balaban J connectivity index is 2.78. The summed E-state index contributed by atoms with van der Waals surface area (Å²) in [5.74, 6) is 0.239. The first-order valence-corrected chi connectivity index (χ1v) is 6.10. The molecule has 1 aromatic carbocycles. The van der Waals surface area contributed by atoms with Gasteiger partial charge in [0.05, 0.1) is 7.11 Å². The number of rotatable bonds is 5. The predicted molar refractivity (Wildman–Crippen MR) is 69.0 cm³/mol. The fraction of sp³-hybridized carbons (Fsp3) is 0.417. The van der Waals surface area contributed by atoms with Crippen molar-refractivity contribution < 1.29 is 14.3 Å². The molecule has 0 aliphatic carbocycles. The zero-order valence-electron chi connectivity index (χ0n) is 9.90. The van der Waals surface area contributed by atoms with Gasteiger partial charge in [-0.3, -0.25) is 0 Å². The Morgan fingerprint density at radius 1 is 1.53 bits per heavy atom. The van der Waals surface area contributed by atoms with Crippen molar-refractivity contribution in [2.75, 3.05) is 13.7 Å². The summed E-state index contributed by atoms with van der Waals surface area (Å²) in [6.45, 7) is 2.21. The standard InChI is InChI=1S/C12H16BrNO3/c1-8(12(15)16-2)17-10-3-4-11(13)9(7-10)5-6-14/h3-4,7-8H,5-6,14H2,1-2H3. The Labute approximate surface area is 109 Å². The Hall–Kier alpha value is -1.07. The smallest absolute Gasteiger partial charge is 0.346 e. The van der Waals surface area contributed by atoms with Crippen LogP contribution in [0.15, 0.2) is 22.7 Å². The van der Waals surface area contributed by atoms with E-state index in [0.717, 1.165) is 16.5 Å². The minimum atomic E-state index is -0.619. The molecule has 0 amide bonds. The van der Waals surface area contributed by atoms with Crippen LogP contribution in [0.25, 0.3) is 0 Å². The summed E-state index contributed by atoms with van der Waals surface area (Å²) in [5.41, 5.74) is 6.57. The lowest BCUT2D eigenvalue weighted by Gasteiger charge is -2.13. The van der Waals surface area contributed by atoms with Gasteiger partial charge in [0.2, 0.25) is 0 Å². The molecule has 1 atom stereocenters. The molecule has 4 nitrogen and oxygen atoms in total. The highest BCUT2D eigenvalue weighted by Crippen LogP contribution is 2.23. The Morgan fingerprint density at radius 2 is 2.24 bits per heavy atom. The molecule has 0 bridgehead atoms. The summed E-state index contributed by atoms with van der Waals surface area (Å²) in [7, 11) is 1.34. The zero-order chi connectivity index (χ0) is 12.8. The van der Waals surface area contributed by atoms with Crippen LogP contribution < -0.4 is 10.5 Å². The summed E-state index contributed by atoms with van der Waals surface area (Å²) < 4.78 is 11.1. The minimum Gasteiger partial charge on any atom is -0.479 e. The van der Waals surface area contributed by atoms with Crippen LogP contribution in [-0.2, 0) is 16.0 Å². The van der Waals surface area contributed by atoms with E-state index in [9.17, 15) is 4.79 Å². The second kappa shape index (κ2) is 6.61. The number of esters is 1. The van der Waals surface area contributed by atoms with Gasteiger partial charge in [0.1, 0.15) is 5.75 Å². The number of methoxy groups -OCH3 is 1. The van der Waals surface area contributed by atoms with E-state index < -0.39 is 12.1 Å². The van der Waals surface area contributed by atoms with Crippen LogP contribution >= 0.6 is 15.9 Å². The predicted octanol–water partition coefficient (Wildman–Crippen LogP) is 1.89. The topological polar surface area (TPSA) is 61.5 Å². The van der Waals surface area contributed by atoms with Crippen LogP contribution in [0.5, 0.6) is 5.75 Å².